The van der Waals surface area contributed by atoms with Crippen LogP contribution < -0.4 is 11.1 Å². The van der Waals surface area contributed by atoms with Crippen molar-refractivity contribution in [3.8, 4) is 0 Å². The zero-order chi connectivity index (χ0) is 12.0. The Bertz CT molecular complexity index is 269. The largest absolute Gasteiger partial charge is 0.409 e. The molecule has 0 aromatic carbocycles. The molecule has 7 heteroatoms. The van der Waals surface area contributed by atoms with Gasteiger partial charge in [-0.2, -0.15) is 0 Å². The molecule has 0 bridgehead atoms. The Hall–Kier alpha value is -1.34. The van der Waals surface area contributed by atoms with Crippen molar-refractivity contribution in [2.24, 2.45) is 10.9 Å². The Morgan fingerprint density at radius 3 is 3.12 bits per heavy atom. The molecule has 1 saturated heterocycles. The van der Waals surface area contributed by atoms with Crippen molar-refractivity contribution in [1.82, 2.24) is 10.2 Å². The van der Waals surface area contributed by atoms with Crippen molar-refractivity contribution in [1.29, 1.82) is 0 Å². The summed E-state index contributed by atoms with van der Waals surface area (Å²) in [7, 11) is 2.01. The second-order valence-electron chi connectivity index (χ2n) is 3.83. The Balaban J connectivity index is 2.21. The molecule has 1 aliphatic heterocycles. The van der Waals surface area contributed by atoms with Crippen molar-refractivity contribution in [2.75, 3.05) is 33.3 Å². The number of nitrogens with zero attached hydrogens (tertiary/aromatic N) is 2. The summed E-state index contributed by atoms with van der Waals surface area (Å²) in [5.41, 5.74) is 5.20. The molecule has 1 amide bonds. The standard InChI is InChI=1S/C9H18N4O3/c1-13-2-3-16-7(6-13)5-11-9(14)4-8(10)12-15/h7,15H,2-6H2,1H3,(H2,10,12)(H,11,14). The summed E-state index contributed by atoms with van der Waals surface area (Å²) in [5, 5.41) is 13.7. The van der Waals surface area contributed by atoms with Gasteiger partial charge in [0.25, 0.3) is 0 Å². The fourth-order valence-electron chi connectivity index (χ4n) is 1.48. The van der Waals surface area contributed by atoms with Gasteiger partial charge < -0.3 is 25.9 Å². The van der Waals surface area contributed by atoms with Gasteiger partial charge in [0.05, 0.1) is 19.1 Å². The molecule has 7 nitrogen and oxygen atoms in total. The van der Waals surface area contributed by atoms with E-state index in [0.29, 0.717) is 13.2 Å². The van der Waals surface area contributed by atoms with E-state index in [9.17, 15) is 4.79 Å². The molecule has 0 saturated carbocycles. The molecular formula is C9H18N4O3. The average Bonchev–Trinajstić information content (AvgIpc) is 2.26. The number of carbonyl (C=O) groups excluding carboxylic acids is 1. The van der Waals surface area contributed by atoms with Crippen LogP contribution in [0, 0.1) is 0 Å². The van der Waals surface area contributed by atoms with E-state index in [0.717, 1.165) is 13.1 Å². The quantitative estimate of drug-likeness (QED) is 0.238. The number of morpholine rings is 1. The third-order valence-electron chi connectivity index (χ3n) is 2.34. The van der Waals surface area contributed by atoms with Crippen LogP contribution in [-0.4, -0.2) is 61.2 Å². The molecule has 16 heavy (non-hydrogen) atoms. The predicted molar refractivity (Wildman–Crippen MR) is 58.3 cm³/mol. The van der Waals surface area contributed by atoms with Gasteiger partial charge in [-0.25, -0.2) is 0 Å². The average molecular weight is 230 g/mol. The number of nitrogens with one attached hydrogen (secondary N) is 1. The summed E-state index contributed by atoms with van der Waals surface area (Å²) in [5.74, 6) is -0.369. The van der Waals surface area contributed by atoms with Gasteiger partial charge in [-0.3, -0.25) is 4.79 Å². The number of ether oxygens (including phenoxy) is 1. The minimum atomic E-state index is -0.271. The Labute approximate surface area is 94.2 Å². The normalized spacial score (nSPS) is 23.1. The van der Waals surface area contributed by atoms with Gasteiger partial charge in [-0.1, -0.05) is 5.16 Å². The van der Waals surface area contributed by atoms with Crippen molar-refractivity contribution in [2.45, 2.75) is 12.5 Å². The number of hydrogen-bond acceptors (Lipinski definition) is 5. The van der Waals surface area contributed by atoms with Crippen molar-refractivity contribution in [3.05, 3.63) is 0 Å². The van der Waals surface area contributed by atoms with E-state index in [4.69, 9.17) is 15.7 Å². The first-order valence-electron chi connectivity index (χ1n) is 5.15. The molecule has 1 fully saturated rings. The highest BCUT2D eigenvalue weighted by molar-refractivity contribution is 5.98. The lowest BCUT2D eigenvalue weighted by atomic mass is 10.2. The highest BCUT2D eigenvalue weighted by Gasteiger charge is 2.18. The molecule has 92 valence electrons. The number of likely N-dealkylation sites (N-methyl/N-ethyl adjacent to an activating group) is 1. The third-order valence-corrected chi connectivity index (χ3v) is 2.34. The summed E-state index contributed by atoms with van der Waals surface area (Å²) < 4.78 is 5.46. The number of oxime groups is 1. The van der Waals surface area contributed by atoms with E-state index in [-0.39, 0.29) is 24.3 Å². The first kappa shape index (κ1) is 12.7. The first-order valence-corrected chi connectivity index (χ1v) is 5.15. The summed E-state index contributed by atoms with van der Waals surface area (Å²) >= 11 is 0. The van der Waals surface area contributed by atoms with E-state index in [1.165, 1.54) is 0 Å². The van der Waals surface area contributed by atoms with Gasteiger partial charge >= 0.3 is 0 Å². The summed E-state index contributed by atoms with van der Waals surface area (Å²) in [6, 6.07) is 0. The molecule has 0 aliphatic carbocycles. The number of rotatable bonds is 4. The number of hydrogen-bond donors (Lipinski definition) is 3. The molecular weight excluding hydrogens is 212 g/mol. The smallest absolute Gasteiger partial charge is 0.227 e. The Morgan fingerprint density at radius 1 is 1.75 bits per heavy atom. The van der Waals surface area contributed by atoms with Crippen molar-refractivity contribution < 1.29 is 14.7 Å². The second kappa shape index (κ2) is 6.29. The summed E-state index contributed by atoms with van der Waals surface area (Å²) in [6.07, 6.45) is -0.0889. The number of carbonyl (C=O) groups is 1. The lowest BCUT2D eigenvalue weighted by molar-refractivity contribution is -0.121. The number of amidine groups is 1. The van der Waals surface area contributed by atoms with Gasteiger partial charge in [0.1, 0.15) is 5.84 Å². The summed E-state index contributed by atoms with van der Waals surface area (Å²) in [4.78, 5) is 13.4. The zero-order valence-electron chi connectivity index (χ0n) is 9.35. The van der Waals surface area contributed by atoms with Crippen LogP contribution in [0.25, 0.3) is 0 Å². The van der Waals surface area contributed by atoms with Crippen LogP contribution in [-0.2, 0) is 9.53 Å². The molecule has 0 aromatic heterocycles. The molecule has 0 spiro atoms. The van der Waals surface area contributed by atoms with Crippen LogP contribution in [0.5, 0.6) is 0 Å². The summed E-state index contributed by atoms with van der Waals surface area (Å²) in [6.45, 7) is 2.83. The van der Waals surface area contributed by atoms with Gasteiger partial charge in [-0.05, 0) is 7.05 Å². The van der Waals surface area contributed by atoms with E-state index >= 15 is 0 Å². The SMILES string of the molecule is CN1CCOC(CNC(=O)CC(N)=NO)C1. The van der Waals surface area contributed by atoms with E-state index in [1.54, 1.807) is 0 Å². The van der Waals surface area contributed by atoms with Crippen LogP contribution in [0.1, 0.15) is 6.42 Å². The Morgan fingerprint density at radius 2 is 2.50 bits per heavy atom. The van der Waals surface area contributed by atoms with Crippen molar-refractivity contribution >= 4 is 11.7 Å². The fraction of sp³-hybridized carbons (Fsp3) is 0.778. The molecule has 1 heterocycles. The lowest BCUT2D eigenvalue weighted by Crippen LogP contribution is -2.46. The minimum absolute atomic E-state index is 0.00925. The van der Waals surface area contributed by atoms with Gasteiger partial charge in [0, 0.05) is 19.6 Å². The van der Waals surface area contributed by atoms with Crippen LogP contribution in [0.3, 0.4) is 0 Å². The van der Waals surface area contributed by atoms with E-state index < -0.39 is 0 Å². The lowest BCUT2D eigenvalue weighted by Gasteiger charge is -2.30. The minimum Gasteiger partial charge on any atom is -0.409 e. The van der Waals surface area contributed by atoms with E-state index in [1.807, 2.05) is 7.05 Å². The van der Waals surface area contributed by atoms with Crippen LogP contribution in [0.15, 0.2) is 5.16 Å². The predicted octanol–water partition coefficient (Wildman–Crippen LogP) is -1.43. The Kier molecular flexibility index (Phi) is 5.00. The highest BCUT2D eigenvalue weighted by atomic mass is 16.5. The van der Waals surface area contributed by atoms with Crippen LogP contribution >= 0.6 is 0 Å². The molecule has 1 rings (SSSR count). The molecule has 1 aliphatic rings. The molecule has 1 unspecified atom stereocenters. The van der Waals surface area contributed by atoms with Crippen LogP contribution in [0.2, 0.25) is 0 Å². The van der Waals surface area contributed by atoms with Crippen LogP contribution in [0.4, 0.5) is 0 Å². The van der Waals surface area contributed by atoms with Crippen molar-refractivity contribution in [3.63, 3.8) is 0 Å². The van der Waals surface area contributed by atoms with Gasteiger partial charge in [-0.15, -0.1) is 0 Å². The maximum Gasteiger partial charge on any atom is 0.227 e. The topological polar surface area (TPSA) is 100 Å². The highest BCUT2D eigenvalue weighted by Crippen LogP contribution is 2.01. The molecule has 0 aromatic rings. The first-order chi connectivity index (χ1) is 7.61. The van der Waals surface area contributed by atoms with E-state index in [2.05, 4.69) is 15.4 Å². The maximum absolute atomic E-state index is 11.3. The maximum atomic E-state index is 11.3. The molecule has 0 radical (unpaired) electrons. The monoisotopic (exact) mass is 230 g/mol. The zero-order valence-corrected chi connectivity index (χ0v) is 9.35. The number of amides is 1. The van der Waals surface area contributed by atoms with Gasteiger partial charge in [0.15, 0.2) is 0 Å². The molecule has 1 atom stereocenters. The fourth-order valence-corrected chi connectivity index (χ4v) is 1.48. The molecule has 4 N–H and O–H groups in total. The van der Waals surface area contributed by atoms with Gasteiger partial charge in [0.2, 0.25) is 5.91 Å². The number of nitrogens with two attached hydrogens (primary N) is 1. The second-order valence-corrected chi connectivity index (χ2v) is 3.83. The third kappa shape index (κ3) is 4.45.